The summed E-state index contributed by atoms with van der Waals surface area (Å²) in [4.78, 5) is 4.20. The van der Waals surface area contributed by atoms with Crippen LogP contribution in [0.15, 0.2) is 48.7 Å². The number of nitrogens with one attached hydrogen (secondary N) is 2. The van der Waals surface area contributed by atoms with Crippen molar-refractivity contribution in [3.05, 3.63) is 60.0 Å². The van der Waals surface area contributed by atoms with Crippen molar-refractivity contribution in [2.24, 2.45) is 0 Å². The third-order valence-corrected chi connectivity index (χ3v) is 4.76. The summed E-state index contributed by atoms with van der Waals surface area (Å²) in [6, 6.07) is 12.5. The highest BCUT2D eigenvalue weighted by Crippen LogP contribution is 2.40. The second-order valence-corrected chi connectivity index (χ2v) is 6.43. The SMILES string of the molecule is Fc1ccc(C2(CNC(=S)Nc3ccccn3)CCCC2)cc1. The normalized spacial score (nSPS) is 16.0. The summed E-state index contributed by atoms with van der Waals surface area (Å²) >= 11 is 5.37. The van der Waals surface area contributed by atoms with Gasteiger partial charge in [0.25, 0.3) is 0 Å². The van der Waals surface area contributed by atoms with Crippen molar-refractivity contribution in [3.8, 4) is 0 Å². The Morgan fingerprint density at radius 1 is 1.13 bits per heavy atom. The monoisotopic (exact) mass is 329 g/mol. The minimum Gasteiger partial charge on any atom is -0.362 e. The topological polar surface area (TPSA) is 37.0 Å². The average molecular weight is 329 g/mol. The molecule has 3 nitrogen and oxygen atoms in total. The van der Waals surface area contributed by atoms with Crippen molar-refractivity contribution in [1.29, 1.82) is 0 Å². The summed E-state index contributed by atoms with van der Waals surface area (Å²) in [5.74, 6) is 0.537. The first kappa shape index (κ1) is 15.9. The first-order valence-corrected chi connectivity index (χ1v) is 8.31. The molecule has 0 spiro atoms. The van der Waals surface area contributed by atoms with Crippen molar-refractivity contribution < 1.29 is 4.39 Å². The molecule has 5 heteroatoms. The van der Waals surface area contributed by atoms with Gasteiger partial charge in [-0.3, -0.25) is 0 Å². The number of aromatic nitrogens is 1. The first-order chi connectivity index (χ1) is 11.2. The van der Waals surface area contributed by atoms with E-state index in [4.69, 9.17) is 12.2 Å². The van der Waals surface area contributed by atoms with Gasteiger partial charge in [0.05, 0.1) is 0 Å². The number of rotatable bonds is 4. The molecule has 1 aliphatic carbocycles. The van der Waals surface area contributed by atoms with Gasteiger partial charge in [-0.25, -0.2) is 9.37 Å². The van der Waals surface area contributed by atoms with Crippen LogP contribution in [-0.4, -0.2) is 16.6 Å². The minimum absolute atomic E-state index is 0.0313. The van der Waals surface area contributed by atoms with Crippen molar-refractivity contribution >= 4 is 23.1 Å². The zero-order valence-corrected chi connectivity index (χ0v) is 13.7. The predicted molar refractivity (Wildman–Crippen MR) is 95.0 cm³/mol. The Balaban J connectivity index is 1.66. The smallest absolute Gasteiger partial charge is 0.171 e. The van der Waals surface area contributed by atoms with Crippen molar-refractivity contribution in [2.45, 2.75) is 31.1 Å². The predicted octanol–water partition coefficient (Wildman–Crippen LogP) is 4.02. The summed E-state index contributed by atoms with van der Waals surface area (Å²) in [6.07, 6.45) is 6.30. The van der Waals surface area contributed by atoms with E-state index < -0.39 is 0 Å². The molecular weight excluding hydrogens is 309 g/mol. The molecule has 1 aromatic heterocycles. The maximum Gasteiger partial charge on any atom is 0.171 e. The molecule has 0 unspecified atom stereocenters. The Morgan fingerprint density at radius 2 is 1.87 bits per heavy atom. The zero-order chi connectivity index (χ0) is 16.1. The maximum absolute atomic E-state index is 13.2. The van der Waals surface area contributed by atoms with Crippen LogP contribution in [0.25, 0.3) is 0 Å². The molecule has 0 radical (unpaired) electrons. The fourth-order valence-corrected chi connectivity index (χ4v) is 3.45. The molecule has 23 heavy (non-hydrogen) atoms. The summed E-state index contributed by atoms with van der Waals surface area (Å²) < 4.78 is 13.2. The van der Waals surface area contributed by atoms with Gasteiger partial charge in [0.15, 0.2) is 5.11 Å². The van der Waals surface area contributed by atoms with Crippen LogP contribution in [0, 0.1) is 5.82 Å². The highest BCUT2D eigenvalue weighted by Gasteiger charge is 2.35. The number of halogens is 1. The van der Waals surface area contributed by atoms with Crippen molar-refractivity contribution in [1.82, 2.24) is 10.3 Å². The maximum atomic E-state index is 13.2. The second kappa shape index (κ2) is 7.04. The number of anilines is 1. The summed E-state index contributed by atoms with van der Waals surface area (Å²) in [7, 11) is 0. The molecule has 0 saturated heterocycles. The second-order valence-electron chi connectivity index (χ2n) is 6.02. The Labute approximate surface area is 141 Å². The fourth-order valence-electron chi connectivity index (χ4n) is 3.27. The number of pyridine rings is 1. The van der Waals surface area contributed by atoms with E-state index in [1.165, 1.54) is 18.4 Å². The van der Waals surface area contributed by atoms with Gasteiger partial charge in [0, 0.05) is 18.2 Å². The molecule has 2 N–H and O–H groups in total. The molecule has 0 atom stereocenters. The summed E-state index contributed by atoms with van der Waals surface area (Å²) in [5.41, 5.74) is 1.22. The third-order valence-electron chi connectivity index (χ3n) is 4.51. The third kappa shape index (κ3) is 3.85. The van der Waals surface area contributed by atoms with Gasteiger partial charge in [-0.05, 0) is 54.9 Å². The number of nitrogens with zero attached hydrogens (tertiary/aromatic N) is 1. The molecule has 0 bridgehead atoms. The average Bonchev–Trinajstić information content (AvgIpc) is 3.05. The Hall–Kier alpha value is -2.01. The minimum atomic E-state index is -0.192. The Bertz CT molecular complexity index is 652. The largest absolute Gasteiger partial charge is 0.362 e. The number of hydrogen-bond acceptors (Lipinski definition) is 2. The number of thiocarbonyl (C=S) groups is 1. The van der Waals surface area contributed by atoms with E-state index in [9.17, 15) is 4.39 Å². The standard InChI is InChI=1S/C18H20FN3S/c19-15-8-6-14(7-9-15)18(10-2-3-11-18)13-21-17(23)22-16-5-1-4-12-20-16/h1,4-9,12H,2-3,10-11,13H2,(H2,20,21,22,23). The lowest BCUT2D eigenvalue weighted by Gasteiger charge is -2.30. The molecule has 1 aliphatic rings. The Morgan fingerprint density at radius 3 is 2.52 bits per heavy atom. The molecule has 1 heterocycles. The lowest BCUT2D eigenvalue weighted by atomic mass is 9.79. The quantitative estimate of drug-likeness (QED) is 0.831. The fraction of sp³-hybridized carbons (Fsp3) is 0.333. The van der Waals surface area contributed by atoms with Gasteiger partial charge in [-0.1, -0.05) is 31.0 Å². The van der Waals surface area contributed by atoms with E-state index >= 15 is 0 Å². The van der Waals surface area contributed by atoms with E-state index in [0.717, 1.165) is 25.2 Å². The van der Waals surface area contributed by atoms with Crippen LogP contribution in [0.5, 0.6) is 0 Å². The lowest BCUT2D eigenvalue weighted by Crippen LogP contribution is -2.40. The van der Waals surface area contributed by atoms with Gasteiger partial charge >= 0.3 is 0 Å². The van der Waals surface area contributed by atoms with Gasteiger partial charge in [0.2, 0.25) is 0 Å². The van der Waals surface area contributed by atoms with Gasteiger partial charge < -0.3 is 10.6 Å². The molecule has 1 aromatic carbocycles. The highest BCUT2D eigenvalue weighted by molar-refractivity contribution is 7.80. The molecule has 120 valence electrons. The molecular formula is C18H20FN3S. The first-order valence-electron chi connectivity index (χ1n) is 7.90. The number of benzene rings is 1. The highest BCUT2D eigenvalue weighted by atomic mass is 32.1. The lowest BCUT2D eigenvalue weighted by molar-refractivity contribution is 0.434. The van der Waals surface area contributed by atoms with E-state index in [0.29, 0.717) is 5.11 Å². The van der Waals surface area contributed by atoms with Crippen LogP contribution in [0.4, 0.5) is 10.2 Å². The van der Waals surface area contributed by atoms with Crippen LogP contribution in [0.3, 0.4) is 0 Å². The van der Waals surface area contributed by atoms with Gasteiger partial charge in [0.1, 0.15) is 11.6 Å². The van der Waals surface area contributed by atoms with E-state index in [2.05, 4.69) is 15.6 Å². The van der Waals surface area contributed by atoms with E-state index in [1.54, 1.807) is 18.3 Å². The van der Waals surface area contributed by atoms with Gasteiger partial charge in [-0.2, -0.15) is 0 Å². The van der Waals surface area contributed by atoms with Crippen LogP contribution in [-0.2, 0) is 5.41 Å². The molecule has 0 amide bonds. The van der Waals surface area contributed by atoms with Crippen molar-refractivity contribution in [3.63, 3.8) is 0 Å². The van der Waals surface area contributed by atoms with Crippen molar-refractivity contribution in [2.75, 3.05) is 11.9 Å². The van der Waals surface area contributed by atoms with E-state index in [-0.39, 0.29) is 11.2 Å². The Kier molecular flexibility index (Phi) is 4.86. The van der Waals surface area contributed by atoms with E-state index in [1.807, 2.05) is 30.3 Å². The summed E-state index contributed by atoms with van der Waals surface area (Å²) in [6.45, 7) is 0.747. The molecule has 1 saturated carbocycles. The number of hydrogen-bond donors (Lipinski definition) is 2. The van der Waals surface area contributed by atoms with Crippen LogP contribution in [0.2, 0.25) is 0 Å². The molecule has 1 fully saturated rings. The summed E-state index contributed by atoms with van der Waals surface area (Å²) in [5, 5.41) is 6.97. The molecule has 3 rings (SSSR count). The molecule has 2 aromatic rings. The van der Waals surface area contributed by atoms with Crippen LogP contribution in [0.1, 0.15) is 31.2 Å². The van der Waals surface area contributed by atoms with Crippen LogP contribution >= 0.6 is 12.2 Å². The zero-order valence-electron chi connectivity index (χ0n) is 12.9. The van der Waals surface area contributed by atoms with Crippen LogP contribution < -0.4 is 10.6 Å². The van der Waals surface area contributed by atoms with Gasteiger partial charge in [-0.15, -0.1) is 0 Å². The molecule has 0 aliphatic heterocycles.